The number of aliphatic imine (C=N–C) groups is 1. The highest BCUT2D eigenvalue weighted by Crippen LogP contribution is 2.20. The predicted octanol–water partition coefficient (Wildman–Crippen LogP) is 2.84. The highest BCUT2D eigenvalue weighted by molar-refractivity contribution is 14.0. The number of hydrogen-bond acceptors (Lipinski definition) is 4. The summed E-state index contributed by atoms with van der Waals surface area (Å²) < 4.78 is 0. The van der Waals surface area contributed by atoms with Crippen molar-refractivity contribution in [3.05, 3.63) is 23.9 Å². The SMILES string of the molecule is CCNC(=NCc1cccnc1N1CCN(C)CC1)NC1CCCCC1.I. The first-order valence-electron chi connectivity index (χ1n) is 10.2. The van der Waals surface area contributed by atoms with Gasteiger partial charge < -0.3 is 20.4 Å². The fraction of sp³-hybridized carbons (Fsp3) is 0.700. The maximum Gasteiger partial charge on any atom is 0.191 e. The first-order chi connectivity index (χ1) is 12.8. The monoisotopic (exact) mass is 486 g/mol. The molecule has 1 aromatic heterocycles. The summed E-state index contributed by atoms with van der Waals surface area (Å²) >= 11 is 0. The molecule has 2 aliphatic rings. The first kappa shape index (κ1) is 22.2. The minimum absolute atomic E-state index is 0. The zero-order valence-electron chi connectivity index (χ0n) is 16.8. The fourth-order valence-electron chi connectivity index (χ4n) is 3.78. The number of aromatic nitrogens is 1. The van der Waals surface area contributed by atoms with Crippen LogP contribution in [0.4, 0.5) is 5.82 Å². The molecule has 1 saturated heterocycles. The van der Waals surface area contributed by atoms with E-state index in [2.05, 4.69) is 45.5 Å². The molecular weight excluding hydrogens is 451 g/mol. The molecule has 0 spiro atoms. The molecule has 0 aromatic carbocycles. The van der Waals surface area contributed by atoms with Gasteiger partial charge in [-0.3, -0.25) is 0 Å². The molecule has 1 aliphatic carbocycles. The van der Waals surface area contributed by atoms with Crippen LogP contribution >= 0.6 is 24.0 Å². The molecule has 3 rings (SSSR count). The Bertz CT molecular complexity index is 580. The molecule has 0 atom stereocenters. The lowest BCUT2D eigenvalue weighted by molar-refractivity contribution is 0.312. The third kappa shape index (κ3) is 6.78. The number of pyridine rings is 1. The van der Waals surface area contributed by atoms with Crippen molar-refractivity contribution >= 4 is 35.8 Å². The largest absolute Gasteiger partial charge is 0.357 e. The van der Waals surface area contributed by atoms with E-state index in [-0.39, 0.29) is 24.0 Å². The molecule has 6 nitrogen and oxygen atoms in total. The van der Waals surface area contributed by atoms with Crippen molar-refractivity contribution in [2.24, 2.45) is 4.99 Å². The van der Waals surface area contributed by atoms with Crippen molar-refractivity contribution in [3.63, 3.8) is 0 Å². The Balaban J connectivity index is 0.00000261. The van der Waals surface area contributed by atoms with Crippen LogP contribution in [0.3, 0.4) is 0 Å². The van der Waals surface area contributed by atoms with Crippen molar-refractivity contribution in [1.82, 2.24) is 20.5 Å². The van der Waals surface area contributed by atoms with Gasteiger partial charge in [0.1, 0.15) is 5.82 Å². The van der Waals surface area contributed by atoms with Gasteiger partial charge in [0.15, 0.2) is 5.96 Å². The maximum absolute atomic E-state index is 4.87. The summed E-state index contributed by atoms with van der Waals surface area (Å²) in [5.74, 6) is 2.03. The zero-order chi connectivity index (χ0) is 18.2. The quantitative estimate of drug-likeness (QED) is 0.381. The molecular formula is C20H35IN6. The lowest BCUT2D eigenvalue weighted by atomic mass is 9.96. The summed E-state index contributed by atoms with van der Waals surface area (Å²) in [5, 5.41) is 7.03. The molecule has 0 bridgehead atoms. The molecule has 152 valence electrons. The molecule has 0 unspecified atom stereocenters. The number of anilines is 1. The molecule has 2 N–H and O–H groups in total. The topological polar surface area (TPSA) is 55.8 Å². The zero-order valence-corrected chi connectivity index (χ0v) is 19.1. The second-order valence-electron chi connectivity index (χ2n) is 7.45. The van der Waals surface area contributed by atoms with E-state index in [1.807, 2.05) is 12.3 Å². The van der Waals surface area contributed by atoms with Gasteiger partial charge in [0, 0.05) is 50.5 Å². The van der Waals surface area contributed by atoms with Gasteiger partial charge in [-0.1, -0.05) is 25.3 Å². The van der Waals surface area contributed by atoms with E-state index in [0.717, 1.165) is 44.5 Å². The van der Waals surface area contributed by atoms with Gasteiger partial charge in [-0.05, 0) is 32.9 Å². The number of likely N-dealkylation sites (N-methyl/N-ethyl adjacent to an activating group) is 1. The Hall–Kier alpha value is -1.09. The summed E-state index contributed by atoms with van der Waals surface area (Å²) in [6, 6.07) is 4.74. The molecule has 2 heterocycles. The van der Waals surface area contributed by atoms with E-state index in [4.69, 9.17) is 4.99 Å². The van der Waals surface area contributed by atoms with Gasteiger partial charge in [0.05, 0.1) is 6.54 Å². The highest BCUT2D eigenvalue weighted by atomic mass is 127. The number of guanidine groups is 1. The van der Waals surface area contributed by atoms with Gasteiger partial charge in [-0.15, -0.1) is 24.0 Å². The van der Waals surface area contributed by atoms with E-state index in [0.29, 0.717) is 12.6 Å². The second kappa shape index (κ2) is 11.7. The van der Waals surface area contributed by atoms with Crippen LogP contribution in [-0.4, -0.2) is 61.7 Å². The van der Waals surface area contributed by atoms with E-state index in [1.54, 1.807) is 0 Å². The van der Waals surface area contributed by atoms with Crippen LogP contribution < -0.4 is 15.5 Å². The summed E-state index contributed by atoms with van der Waals surface area (Å²) in [6.45, 7) is 7.91. The maximum atomic E-state index is 4.87. The molecule has 7 heteroatoms. The molecule has 0 amide bonds. The molecule has 27 heavy (non-hydrogen) atoms. The molecule has 0 radical (unpaired) electrons. The Labute approximate surface area is 181 Å². The molecule has 1 aliphatic heterocycles. The lowest BCUT2D eigenvalue weighted by Gasteiger charge is -2.34. The Morgan fingerprint density at radius 3 is 2.63 bits per heavy atom. The van der Waals surface area contributed by atoms with Crippen LogP contribution in [0.15, 0.2) is 23.3 Å². The summed E-state index contributed by atoms with van der Waals surface area (Å²) in [4.78, 5) is 14.3. The number of halogens is 1. The van der Waals surface area contributed by atoms with Gasteiger partial charge in [-0.25, -0.2) is 9.98 Å². The highest BCUT2D eigenvalue weighted by Gasteiger charge is 2.18. The van der Waals surface area contributed by atoms with E-state index in [9.17, 15) is 0 Å². The molecule has 2 fully saturated rings. The van der Waals surface area contributed by atoms with Gasteiger partial charge >= 0.3 is 0 Å². The van der Waals surface area contributed by atoms with E-state index >= 15 is 0 Å². The van der Waals surface area contributed by atoms with E-state index in [1.165, 1.54) is 37.7 Å². The fourth-order valence-corrected chi connectivity index (χ4v) is 3.78. The predicted molar refractivity (Wildman–Crippen MR) is 124 cm³/mol. The lowest BCUT2D eigenvalue weighted by Crippen LogP contribution is -2.45. The van der Waals surface area contributed by atoms with Crippen LogP contribution in [0, 0.1) is 0 Å². The van der Waals surface area contributed by atoms with Gasteiger partial charge in [0.2, 0.25) is 0 Å². The van der Waals surface area contributed by atoms with Crippen LogP contribution in [0.5, 0.6) is 0 Å². The smallest absolute Gasteiger partial charge is 0.191 e. The van der Waals surface area contributed by atoms with E-state index < -0.39 is 0 Å². The standard InChI is InChI=1S/C20H34N6.HI/c1-3-21-20(24-18-9-5-4-6-10-18)23-16-17-8-7-11-22-19(17)26-14-12-25(2)13-15-26;/h7-8,11,18H,3-6,9-10,12-16H2,1-2H3,(H2,21,23,24);1H. The van der Waals surface area contributed by atoms with Crippen molar-refractivity contribution in [3.8, 4) is 0 Å². The number of nitrogens with zero attached hydrogens (tertiary/aromatic N) is 4. The van der Waals surface area contributed by atoms with Crippen molar-refractivity contribution in [1.29, 1.82) is 0 Å². The molecule has 1 aromatic rings. The minimum atomic E-state index is 0. The van der Waals surface area contributed by atoms with Crippen molar-refractivity contribution in [2.75, 3.05) is 44.7 Å². The third-order valence-electron chi connectivity index (χ3n) is 5.37. The second-order valence-corrected chi connectivity index (χ2v) is 7.45. The van der Waals surface area contributed by atoms with Gasteiger partial charge in [0.25, 0.3) is 0 Å². The average Bonchev–Trinajstić information content (AvgIpc) is 2.68. The van der Waals surface area contributed by atoms with Crippen LogP contribution in [0.2, 0.25) is 0 Å². The Morgan fingerprint density at radius 1 is 1.19 bits per heavy atom. The number of rotatable bonds is 5. The summed E-state index contributed by atoms with van der Waals surface area (Å²) in [6.07, 6.45) is 8.43. The summed E-state index contributed by atoms with van der Waals surface area (Å²) in [5.41, 5.74) is 1.21. The normalized spacial score (nSPS) is 19.5. The van der Waals surface area contributed by atoms with Crippen molar-refractivity contribution < 1.29 is 0 Å². The minimum Gasteiger partial charge on any atom is -0.357 e. The van der Waals surface area contributed by atoms with Crippen LogP contribution in [-0.2, 0) is 6.54 Å². The molecule has 1 saturated carbocycles. The number of hydrogen-bond donors (Lipinski definition) is 2. The van der Waals surface area contributed by atoms with Crippen LogP contribution in [0.25, 0.3) is 0 Å². The number of piperazine rings is 1. The first-order valence-corrected chi connectivity index (χ1v) is 10.2. The summed E-state index contributed by atoms with van der Waals surface area (Å²) in [7, 11) is 2.18. The average molecular weight is 486 g/mol. The van der Waals surface area contributed by atoms with Crippen LogP contribution in [0.1, 0.15) is 44.6 Å². The third-order valence-corrected chi connectivity index (χ3v) is 5.37. The Kier molecular flexibility index (Phi) is 9.61. The van der Waals surface area contributed by atoms with Gasteiger partial charge in [-0.2, -0.15) is 0 Å². The number of nitrogens with one attached hydrogen (secondary N) is 2. The Morgan fingerprint density at radius 2 is 1.93 bits per heavy atom. The van der Waals surface area contributed by atoms with Crippen molar-refractivity contribution in [2.45, 2.75) is 51.6 Å².